The Balaban J connectivity index is 1.51. The molecule has 0 radical (unpaired) electrons. The molecule has 1 aliphatic carbocycles. The molecule has 0 saturated heterocycles. The largest absolute Gasteiger partial charge is 0.493 e. The standard InChI is InChI=1S/C25H27N4O3/c1-16-6-4-5-7-20(16)32-21-9-8-17(12-22(21)31-3)24-28-23(18-13-25(2,30)14-18)19-15-27-10-11-29(19,24)26/h4-12,15,18,30H,13-14,26H2,1-3H3/q+1. The first-order valence-electron chi connectivity index (χ1n) is 10.7. The van der Waals surface area contributed by atoms with Crippen molar-refractivity contribution in [2.24, 2.45) is 21.7 Å². The molecule has 3 N–H and O–H groups in total. The molecule has 5 rings (SSSR count). The monoisotopic (exact) mass is 431 g/mol. The second-order valence-electron chi connectivity index (χ2n) is 8.89. The number of nitrogens with zero attached hydrogens (tertiary/aromatic N) is 3. The molecule has 2 aromatic rings. The molecule has 0 bridgehead atoms. The van der Waals surface area contributed by atoms with Gasteiger partial charge in [0.05, 0.1) is 30.7 Å². The highest BCUT2D eigenvalue weighted by Gasteiger charge is 2.50. The molecule has 0 amide bonds. The van der Waals surface area contributed by atoms with E-state index in [9.17, 15) is 5.11 Å². The van der Waals surface area contributed by atoms with Crippen LogP contribution < -0.4 is 15.3 Å². The van der Waals surface area contributed by atoms with Crippen LogP contribution in [0.1, 0.15) is 30.9 Å². The van der Waals surface area contributed by atoms with Crippen molar-refractivity contribution in [1.29, 1.82) is 0 Å². The number of benzene rings is 2. The Kier molecular flexibility index (Phi) is 4.78. The molecule has 1 fully saturated rings. The summed E-state index contributed by atoms with van der Waals surface area (Å²) in [5.41, 5.74) is 2.95. The van der Waals surface area contributed by atoms with Crippen molar-refractivity contribution in [1.82, 2.24) is 0 Å². The molecular weight excluding hydrogens is 404 g/mol. The summed E-state index contributed by atoms with van der Waals surface area (Å²) in [5.74, 6) is 9.65. The van der Waals surface area contributed by atoms with Crippen LogP contribution in [0, 0.1) is 12.8 Å². The Morgan fingerprint density at radius 3 is 2.62 bits per heavy atom. The topological polar surface area (TPSA) is 89.4 Å². The van der Waals surface area contributed by atoms with Crippen molar-refractivity contribution in [2.45, 2.75) is 32.3 Å². The quantitative estimate of drug-likeness (QED) is 0.549. The normalized spacial score (nSPS) is 28.3. The molecule has 2 aromatic carbocycles. The number of aliphatic hydroxyl groups is 1. The van der Waals surface area contributed by atoms with Gasteiger partial charge in [-0.15, -0.1) is 4.59 Å². The first kappa shape index (κ1) is 20.6. The van der Waals surface area contributed by atoms with Crippen LogP contribution in [-0.2, 0) is 0 Å². The molecule has 0 spiro atoms. The van der Waals surface area contributed by atoms with Gasteiger partial charge in [-0.3, -0.25) is 4.99 Å². The van der Waals surface area contributed by atoms with Crippen LogP contribution >= 0.6 is 0 Å². The number of allylic oxidation sites excluding steroid dienone is 2. The summed E-state index contributed by atoms with van der Waals surface area (Å²) >= 11 is 0. The third-order valence-corrected chi connectivity index (χ3v) is 6.32. The number of methoxy groups -OCH3 is 1. The average Bonchev–Trinajstić information content (AvgIpc) is 3.06. The van der Waals surface area contributed by atoms with E-state index in [1.807, 2.05) is 62.5 Å². The van der Waals surface area contributed by atoms with Crippen LogP contribution in [-0.4, -0.2) is 34.5 Å². The van der Waals surface area contributed by atoms with Crippen molar-refractivity contribution in [2.75, 3.05) is 7.11 Å². The van der Waals surface area contributed by atoms with E-state index in [1.165, 1.54) is 0 Å². The van der Waals surface area contributed by atoms with E-state index in [0.717, 1.165) is 28.3 Å². The second-order valence-corrected chi connectivity index (χ2v) is 8.89. The van der Waals surface area contributed by atoms with Gasteiger partial charge in [-0.2, -0.15) is 10.8 Å². The van der Waals surface area contributed by atoms with Gasteiger partial charge in [0.25, 0.3) is 5.84 Å². The predicted molar refractivity (Wildman–Crippen MR) is 123 cm³/mol. The SMILES string of the molecule is COc1cc(C2=NC(C3CC(C)(O)C3)=C3C=NC=C[N+]23N)ccc1Oc1ccccc1C. The number of aryl methyl sites for hydroxylation is 1. The van der Waals surface area contributed by atoms with Crippen molar-refractivity contribution in [3.8, 4) is 17.2 Å². The van der Waals surface area contributed by atoms with Gasteiger partial charge in [-0.05, 0) is 56.5 Å². The molecule has 7 nitrogen and oxygen atoms in total. The lowest BCUT2D eigenvalue weighted by Gasteiger charge is -2.40. The number of para-hydroxylation sites is 1. The Bertz CT molecular complexity index is 1200. The number of hydrogen-bond donors (Lipinski definition) is 2. The highest BCUT2D eigenvalue weighted by atomic mass is 16.5. The van der Waals surface area contributed by atoms with Gasteiger partial charge in [0.1, 0.15) is 17.6 Å². The molecule has 164 valence electrons. The summed E-state index contributed by atoms with van der Waals surface area (Å²) in [6.07, 6.45) is 6.60. The first-order valence-corrected chi connectivity index (χ1v) is 10.7. The average molecular weight is 432 g/mol. The maximum Gasteiger partial charge on any atom is 0.265 e. The van der Waals surface area contributed by atoms with E-state index >= 15 is 0 Å². The Labute approximate surface area is 187 Å². The molecule has 1 unspecified atom stereocenters. The Morgan fingerprint density at radius 2 is 1.91 bits per heavy atom. The fourth-order valence-electron chi connectivity index (χ4n) is 4.58. The number of nitrogens with two attached hydrogens (primary N) is 1. The van der Waals surface area contributed by atoms with Gasteiger partial charge in [0.15, 0.2) is 11.5 Å². The number of aliphatic imine (C=N–C) groups is 2. The van der Waals surface area contributed by atoms with Crippen molar-refractivity contribution in [3.63, 3.8) is 0 Å². The summed E-state index contributed by atoms with van der Waals surface area (Å²) in [6, 6.07) is 13.6. The van der Waals surface area contributed by atoms with E-state index in [0.29, 0.717) is 30.2 Å². The smallest absolute Gasteiger partial charge is 0.265 e. The highest BCUT2D eigenvalue weighted by molar-refractivity contribution is 6.00. The lowest BCUT2D eigenvalue weighted by Crippen LogP contribution is -2.53. The third-order valence-electron chi connectivity index (χ3n) is 6.32. The summed E-state index contributed by atoms with van der Waals surface area (Å²) in [4.78, 5) is 9.24. The number of quaternary nitrogens is 1. The summed E-state index contributed by atoms with van der Waals surface area (Å²) in [7, 11) is 1.62. The van der Waals surface area contributed by atoms with Crippen LogP contribution in [0.3, 0.4) is 0 Å². The fourth-order valence-corrected chi connectivity index (χ4v) is 4.58. The number of fused-ring (bicyclic) bond motifs is 1. The van der Waals surface area contributed by atoms with E-state index < -0.39 is 5.60 Å². The maximum absolute atomic E-state index is 10.2. The lowest BCUT2D eigenvalue weighted by atomic mass is 9.70. The van der Waals surface area contributed by atoms with Gasteiger partial charge < -0.3 is 14.6 Å². The van der Waals surface area contributed by atoms with Gasteiger partial charge in [-0.1, -0.05) is 18.2 Å². The van der Waals surface area contributed by atoms with Gasteiger partial charge >= 0.3 is 0 Å². The highest BCUT2D eigenvalue weighted by Crippen LogP contribution is 2.47. The summed E-state index contributed by atoms with van der Waals surface area (Å²) in [5, 5.41) is 10.2. The lowest BCUT2D eigenvalue weighted by molar-refractivity contribution is -0.750. The molecule has 32 heavy (non-hydrogen) atoms. The minimum atomic E-state index is -0.653. The number of rotatable bonds is 5. The molecule has 1 atom stereocenters. The molecule has 7 heteroatoms. The predicted octanol–water partition coefficient (Wildman–Crippen LogP) is 4.17. The van der Waals surface area contributed by atoms with Crippen molar-refractivity contribution >= 4 is 12.1 Å². The van der Waals surface area contributed by atoms with E-state index in [-0.39, 0.29) is 10.5 Å². The van der Waals surface area contributed by atoms with E-state index in [1.54, 1.807) is 19.5 Å². The maximum atomic E-state index is 10.2. The van der Waals surface area contributed by atoms with Crippen LogP contribution in [0.15, 0.2) is 76.2 Å². The minimum absolute atomic E-state index is 0.0569. The Hall–Kier alpha value is -3.26. The van der Waals surface area contributed by atoms with Crippen molar-refractivity contribution in [3.05, 3.63) is 77.4 Å². The zero-order valence-electron chi connectivity index (χ0n) is 18.4. The molecule has 3 aliphatic rings. The van der Waals surface area contributed by atoms with Gasteiger partial charge in [0.2, 0.25) is 5.70 Å². The van der Waals surface area contributed by atoms with E-state index in [2.05, 4.69) is 4.99 Å². The van der Waals surface area contributed by atoms with Crippen LogP contribution in [0.25, 0.3) is 0 Å². The third kappa shape index (κ3) is 3.35. The second kappa shape index (κ2) is 7.41. The molecule has 2 heterocycles. The Morgan fingerprint density at radius 1 is 1.12 bits per heavy atom. The molecule has 2 aliphatic heterocycles. The first-order chi connectivity index (χ1) is 15.3. The minimum Gasteiger partial charge on any atom is -0.493 e. The van der Waals surface area contributed by atoms with Crippen molar-refractivity contribution < 1.29 is 19.2 Å². The summed E-state index contributed by atoms with van der Waals surface area (Å²) in [6.45, 7) is 3.86. The number of ether oxygens (including phenoxy) is 2. The fraction of sp³-hybridized carbons (Fsp3) is 0.280. The van der Waals surface area contributed by atoms with Crippen LogP contribution in [0.4, 0.5) is 0 Å². The number of hydrogen-bond acceptors (Lipinski definition) is 6. The summed E-state index contributed by atoms with van der Waals surface area (Å²) < 4.78 is 11.7. The molecule has 0 aromatic heterocycles. The van der Waals surface area contributed by atoms with Gasteiger partial charge in [-0.25, -0.2) is 0 Å². The molecule has 1 saturated carbocycles. The number of amidine groups is 1. The van der Waals surface area contributed by atoms with Crippen LogP contribution in [0.2, 0.25) is 0 Å². The van der Waals surface area contributed by atoms with Crippen LogP contribution in [0.5, 0.6) is 17.2 Å². The zero-order valence-corrected chi connectivity index (χ0v) is 18.4. The zero-order chi connectivity index (χ0) is 22.5. The van der Waals surface area contributed by atoms with Gasteiger partial charge in [0, 0.05) is 5.92 Å². The molecular formula is C25H27N4O3+. The van der Waals surface area contributed by atoms with E-state index in [4.69, 9.17) is 20.3 Å².